The Kier molecular flexibility index (Phi) is 4.62. The lowest BCUT2D eigenvalue weighted by molar-refractivity contribution is -0.133. The van der Waals surface area contributed by atoms with Gasteiger partial charge in [0, 0.05) is 0 Å². The van der Waals surface area contributed by atoms with E-state index in [0.29, 0.717) is 12.2 Å². The number of benzene rings is 2. The molecule has 1 aliphatic carbocycles. The van der Waals surface area contributed by atoms with E-state index >= 15 is 0 Å². The van der Waals surface area contributed by atoms with E-state index in [1.54, 1.807) is 18.4 Å². The number of carbonyl (C=O) groups excluding carboxylic acids is 1. The Hall–Kier alpha value is -2.75. The van der Waals surface area contributed by atoms with E-state index in [4.69, 9.17) is 9.57 Å². The summed E-state index contributed by atoms with van der Waals surface area (Å²) in [7, 11) is 0. The molecular formula is C19H19NO3. The standard InChI is InChI=1S/C19H19NO3/c21-18(20-23-17-10-5-2-6-11-17)19(13-14-19)12-7-15-22-16-8-3-1-4-9-16/h1-11,15H,12-14H2,(H,20,21). The van der Waals surface area contributed by atoms with Gasteiger partial charge in [0.25, 0.3) is 5.91 Å². The molecule has 1 fully saturated rings. The highest BCUT2D eigenvalue weighted by atomic mass is 16.7. The van der Waals surface area contributed by atoms with Crippen molar-refractivity contribution >= 4 is 5.91 Å². The fourth-order valence-electron chi connectivity index (χ4n) is 2.28. The average molecular weight is 309 g/mol. The van der Waals surface area contributed by atoms with Gasteiger partial charge in [-0.2, -0.15) is 5.48 Å². The molecule has 118 valence electrons. The van der Waals surface area contributed by atoms with E-state index in [9.17, 15) is 4.79 Å². The zero-order chi connectivity index (χ0) is 16.0. The molecule has 0 bridgehead atoms. The van der Waals surface area contributed by atoms with Crippen LogP contribution in [0.25, 0.3) is 0 Å². The van der Waals surface area contributed by atoms with Crippen LogP contribution in [0.2, 0.25) is 0 Å². The minimum absolute atomic E-state index is 0.0780. The quantitative estimate of drug-likeness (QED) is 0.624. The molecule has 1 saturated carbocycles. The van der Waals surface area contributed by atoms with E-state index in [1.165, 1.54) is 0 Å². The van der Waals surface area contributed by atoms with Crippen LogP contribution in [0, 0.1) is 5.41 Å². The Bertz CT molecular complexity index is 664. The van der Waals surface area contributed by atoms with Crippen molar-refractivity contribution in [1.82, 2.24) is 5.48 Å². The SMILES string of the molecule is O=C(NOc1ccccc1)C1(CC=COc2ccccc2)CC1. The minimum Gasteiger partial charge on any atom is -0.465 e. The molecule has 1 aliphatic rings. The number of hydrogen-bond acceptors (Lipinski definition) is 3. The summed E-state index contributed by atoms with van der Waals surface area (Å²) in [5, 5.41) is 0. The van der Waals surface area contributed by atoms with Crippen LogP contribution < -0.4 is 15.1 Å². The van der Waals surface area contributed by atoms with Gasteiger partial charge in [0.2, 0.25) is 0 Å². The summed E-state index contributed by atoms with van der Waals surface area (Å²) < 4.78 is 5.49. The maximum absolute atomic E-state index is 12.3. The van der Waals surface area contributed by atoms with Crippen LogP contribution in [0.15, 0.2) is 73.0 Å². The molecule has 2 aromatic rings. The molecule has 0 heterocycles. The van der Waals surface area contributed by atoms with Gasteiger partial charge in [-0.1, -0.05) is 36.4 Å². The van der Waals surface area contributed by atoms with Gasteiger partial charge in [-0.3, -0.25) is 4.79 Å². The fraction of sp³-hybridized carbons (Fsp3) is 0.211. The number of nitrogens with one attached hydrogen (secondary N) is 1. The molecule has 0 atom stereocenters. The molecule has 1 N–H and O–H groups in total. The van der Waals surface area contributed by atoms with Crippen LogP contribution in [0.3, 0.4) is 0 Å². The second-order valence-corrected chi connectivity index (χ2v) is 5.63. The third kappa shape index (κ3) is 4.13. The smallest absolute Gasteiger partial charge is 0.259 e. The molecule has 0 radical (unpaired) electrons. The van der Waals surface area contributed by atoms with Crippen LogP contribution in [0.5, 0.6) is 11.5 Å². The summed E-state index contributed by atoms with van der Waals surface area (Å²) in [5.74, 6) is 1.33. The summed E-state index contributed by atoms with van der Waals surface area (Å²) in [4.78, 5) is 17.6. The van der Waals surface area contributed by atoms with Crippen molar-refractivity contribution in [3.63, 3.8) is 0 Å². The number of allylic oxidation sites excluding steroid dienone is 1. The van der Waals surface area contributed by atoms with Crippen molar-refractivity contribution in [2.75, 3.05) is 0 Å². The van der Waals surface area contributed by atoms with E-state index in [0.717, 1.165) is 18.6 Å². The summed E-state index contributed by atoms with van der Waals surface area (Å²) >= 11 is 0. The third-order valence-electron chi connectivity index (χ3n) is 3.89. The first kappa shape index (κ1) is 15.2. The number of rotatable bonds is 7. The van der Waals surface area contributed by atoms with Crippen LogP contribution in [-0.4, -0.2) is 5.91 Å². The number of hydrogen-bond donors (Lipinski definition) is 1. The number of ether oxygens (including phenoxy) is 1. The maximum Gasteiger partial charge on any atom is 0.259 e. The molecule has 3 rings (SSSR count). The largest absolute Gasteiger partial charge is 0.465 e. The second kappa shape index (κ2) is 7.01. The van der Waals surface area contributed by atoms with E-state index in [2.05, 4.69) is 5.48 Å². The number of hydroxylamine groups is 1. The molecule has 0 spiro atoms. The molecular weight excluding hydrogens is 290 g/mol. The second-order valence-electron chi connectivity index (χ2n) is 5.63. The summed E-state index contributed by atoms with van der Waals surface area (Å²) in [6.07, 6.45) is 5.91. The van der Waals surface area contributed by atoms with Crippen molar-refractivity contribution in [3.8, 4) is 11.5 Å². The first-order valence-electron chi connectivity index (χ1n) is 7.68. The van der Waals surface area contributed by atoms with Crippen molar-refractivity contribution in [3.05, 3.63) is 73.0 Å². The van der Waals surface area contributed by atoms with E-state index in [1.807, 2.05) is 54.6 Å². The first-order valence-corrected chi connectivity index (χ1v) is 7.68. The highest BCUT2D eigenvalue weighted by Crippen LogP contribution is 2.49. The van der Waals surface area contributed by atoms with Crippen molar-refractivity contribution in [2.24, 2.45) is 5.41 Å². The molecule has 1 amide bonds. The summed E-state index contributed by atoms with van der Waals surface area (Å²) in [6, 6.07) is 18.8. The van der Waals surface area contributed by atoms with E-state index < -0.39 is 0 Å². The maximum atomic E-state index is 12.3. The molecule has 0 aromatic heterocycles. The van der Waals surface area contributed by atoms with Gasteiger partial charge in [0.05, 0.1) is 11.7 Å². The predicted molar refractivity (Wildman–Crippen MR) is 87.7 cm³/mol. The van der Waals surface area contributed by atoms with Gasteiger partial charge in [-0.15, -0.1) is 0 Å². The zero-order valence-corrected chi connectivity index (χ0v) is 12.8. The van der Waals surface area contributed by atoms with Gasteiger partial charge >= 0.3 is 0 Å². The van der Waals surface area contributed by atoms with Gasteiger partial charge in [-0.05, 0) is 49.6 Å². The lowest BCUT2D eigenvalue weighted by Crippen LogP contribution is -2.34. The Balaban J connectivity index is 1.46. The Morgan fingerprint density at radius 2 is 1.61 bits per heavy atom. The summed E-state index contributed by atoms with van der Waals surface area (Å²) in [5.41, 5.74) is 2.19. The molecule has 0 aliphatic heterocycles. The first-order chi connectivity index (χ1) is 11.3. The van der Waals surface area contributed by atoms with E-state index in [-0.39, 0.29) is 11.3 Å². The van der Waals surface area contributed by atoms with Crippen molar-refractivity contribution in [2.45, 2.75) is 19.3 Å². The van der Waals surface area contributed by atoms with Crippen molar-refractivity contribution in [1.29, 1.82) is 0 Å². The Labute approximate surface area is 135 Å². The minimum atomic E-state index is -0.356. The summed E-state index contributed by atoms with van der Waals surface area (Å²) in [6.45, 7) is 0. The van der Waals surface area contributed by atoms with Crippen LogP contribution in [0.4, 0.5) is 0 Å². The van der Waals surface area contributed by atoms with Crippen LogP contribution in [-0.2, 0) is 4.79 Å². The molecule has 2 aromatic carbocycles. The highest BCUT2D eigenvalue weighted by Gasteiger charge is 2.49. The molecule has 0 unspecified atom stereocenters. The van der Waals surface area contributed by atoms with Gasteiger partial charge in [0.1, 0.15) is 5.75 Å². The monoisotopic (exact) mass is 309 g/mol. The third-order valence-corrected chi connectivity index (χ3v) is 3.89. The predicted octanol–water partition coefficient (Wildman–Crippen LogP) is 3.86. The Morgan fingerprint density at radius 1 is 1.00 bits per heavy atom. The number of carbonyl (C=O) groups is 1. The molecule has 0 saturated heterocycles. The number of para-hydroxylation sites is 2. The van der Waals surface area contributed by atoms with Crippen LogP contribution in [0.1, 0.15) is 19.3 Å². The zero-order valence-electron chi connectivity index (χ0n) is 12.8. The molecule has 4 nitrogen and oxygen atoms in total. The van der Waals surface area contributed by atoms with Gasteiger partial charge in [0.15, 0.2) is 5.75 Å². The lowest BCUT2D eigenvalue weighted by Gasteiger charge is -2.13. The fourth-order valence-corrected chi connectivity index (χ4v) is 2.28. The molecule has 4 heteroatoms. The average Bonchev–Trinajstić information content (AvgIpc) is 3.40. The lowest BCUT2D eigenvalue weighted by atomic mass is 10.0. The highest BCUT2D eigenvalue weighted by molar-refractivity contribution is 5.84. The van der Waals surface area contributed by atoms with Crippen LogP contribution >= 0.6 is 0 Å². The van der Waals surface area contributed by atoms with Crippen molar-refractivity contribution < 1.29 is 14.4 Å². The normalized spacial score (nSPS) is 15.1. The molecule has 23 heavy (non-hydrogen) atoms. The topological polar surface area (TPSA) is 47.6 Å². The number of amides is 1. The van der Waals surface area contributed by atoms with Gasteiger partial charge < -0.3 is 9.57 Å². The Morgan fingerprint density at radius 3 is 2.22 bits per heavy atom. The van der Waals surface area contributed by atoms with Gasteiger partial charge in [-0.25, -0.2) is 0 Å².